The van der Waals surface area contributed by atoms with Gasteiger partial charge < -0.3 is 5.11 Å². The minimum atomic E-state index is -3.64. The molecule has 0 aromatic carbocycles. The van der Waals surface area contributed by atoms with Crippen LogP contribution in [0.1, 0.15) is 18.9 Å². The molecule has 18 heavy (non-hydrogen) atoms. The maximum atomic E-state index is 12.2. The molecule has 1 rings (SSSR count). The molecule has 1 aromatic rings. The highest BCUT2D eigenvalue weighted by Crippen LogP contribution is 2.31. The third kappa shape index (κ3) is 3.44. The third-order valence-corrected chi connectivity index (χ3v) is 6.34. The number of carboxylic acid groups (broad SMARTS) is 1. The zero-order chi connectivity index (χ0) is 13.9. The number of carboxylic acids is 1. The van der Waals surface area contributed by atoms with Crippen molar-refractivity contribution >= 4 is 38.9 Å². The van der Waals surface area contributed by atoms with Crippen molar-refractivity contribution in [3.8, 4) is 0 Å². The molecule has 0 aliphatic rings. The fraction of sp³-hybridized carbons (Fsp3) is 0.500. The smallest absolute Gasteiger partial charge is 0.304 e. The molecule has 0 bridgehead atoms. The number of hydrogen-bond acceptors (Lipinski definition) is 4. The van der Waals surface area contributed by atoms with Crippen molar-refractivity contribution in [1.82, 2.24) is 4.31 Å². The van der Waals surface area contributed by atoms with Gasteiger partial charge in [-0.1, -0.05) is 18.5 Å². The predicted molar refractivity (Wildman–Crippen MR) is 70.8 cm³/mol. The Hall–Kier alpha value is -0.630. The molecule has 1 aromatic heterocycles. The van der Waals surface area contributed by atoms with Gasteiger partial charge in [0.1, 0.15) is 4.21 Å². The largest absolute Gasteiger partial charge is 0.481 e. The summed E-state index contributed by atoms with van der Waals surface area (Å²) >= 11 is 6.84. The van der Waals surface area contributed by atoms with E-state index in [2.05, 4.69) is 0 Å². The van der Waals surface area contributed by atoms with Crippen molar-refractivity contribution in [3.63, 3.8) is 0 Å². The van der Waals surface area contributed by atoms with Gasteiger partial charge >= 0.3 is 5.97 Å². The molecule has 0 spiro atoms. The van der Waals surface area contributed by atoms with E-state index in [9.17, 15) is 13.2 Å². The number of nitrogens with zero attached hydrogens (tertiary/aromatic N) is 1. The second-order valence-electron chi connectivity index (χ2n) is 3.66. The Kier molecular flexibility index (Phi) is 5.15. The lowest BCUT2D eigenvalue weighted by molar-refractivity contribution is -0.137. The van der Waals surface area contributed by atoms with Gasteiger partial charge in [0.05, 0.1) is 10.8 Å². The van der Waals surface area contributed by atoms with Crippen molar-refractivity contribution in [2.75, 3.05) is 13.1 Å². The molecule has 0 aliphatic carbocycles. The van der Waals surface area contributed by atoms with Crippen LogP contribution < -0.4 is 0 Å². The molecule has 0 aliphatic heterocycles. The summed E-state index contributed by atoms with van der Waals surface area (Å²) in [5, 5.41) is 8.60. The maximum Gasteiger partial charge on any atom is 0.304 e. The monoisotopic (exact) mass is 311 g/mol. The highest BCUT2D eigenvalue weighted by Gasteiger charge is 2.26. The summed E-state index contributed by atoms with van der Waals surface area (Å²) in [6.07, 6.45) is -0.217. The topological polar surface area (TPSA) is 74.7 Å². The van der Waals surface area contributed by atoms with E-state index in [4.69, 9.17) is 16.7 Å². The zero-order valence-electron chi connectivity index (χ0n) is 10.0. The SMILES string of the molecule is CCN(CCC(=O)O)S(=O)(=O)c1cc(C)c(Cl)s1. The van der Waals surface area contributed by atoms with Crippen LogP contribution in [0, 0.1) is 6.92 Å². The Bertz CT molecular complexity index is 519. The average molecular weight is 312 g/mol. The summed E-state index contributed by atoms with van der Waals surface area (Å²) < 4.78 is 26.2. The van der Waals surface area contributed by atoms with Gasteiger partial charge in [-0.25, -0.2) is 8.42 Å². The van der Waals surface area contributed by atoms with Crippen LogP contribution in [0.2, 0.25) is 4.34 Å². The number of hydrogen-bond donors (Lipinski definition) is 1. The van der Waals surface area contributed by atoms with Crippen LogP contribution >= 0.6 is 22.9 Å². The fourth-order valence-electron chi connectivity index (χ4n) is 1.35. The van der Waals surface area contributed by atoms with E-state index in [0.29, 0.717) is 9.90 Å². The molecular formula is C10H14ClNO4S2. The molecule has 0 saturated heterocycles. The summed E-state index contributed by atoms with van der Waals surface area (Å²) in [5.41, 5.74) is 0.703. The second-order valence-corrected chi connectivity index (χ2v) is 7.48. The molecule has 1 heterocycles. The molecule has 102 valence electrons. The molecule has 8 heteroatoms. The fourth-order valence-corrected chi connectivity index (χ4v) is 4.67. The number of sulfonamides is 1. The summed E-state index contributed by atoms with van der Waals surface area (Å²) in [6.45, 7) is 3.58. The average Bonchev–Trinajstić information content (AvgIpc) is 2.60. The molecule has 0 amide bonds. The number of thiophene rings is 1. The lowest BCUT2D eigenvalue weighted by Crippen LogP contribution is -2.32. The van der Waals surface area contributed by atoms with E-state index in [1.54, 1.807) is 13.8 Å². The van der Waals surface area contributed by atoms with Crippen LogP contribution in [-0.4, -0.2) is 36.9 Å². The number of rotatable bonds is 6. The van der Waals surface area contributed by atoms with E-state index in [1.807, 2.05) is 0 Å². The van der Waals surface area contributed by atoms with Crippen molar-refractivity contribution < 1.29 is 18.3 Å². The molecule has 0 fully saturated rings. The van der Waals surface area contributed by atoms with Gasteiger partial charge in [0, 0.05) is 13.1 Å². The summed E-state index contributed by atoms with van der Waals surface area (Å²) in [5.74, 6) is -1.02. The molecule has 5 nitrogen and oxygen atoms in total. The van der Waals surface area contributed by atoms with Gasteiger partial charge in [-0.3, -0.25) is 4.79 Å². The van der Waals surface area contributed by atoms with Crippen molar-refractivity contribution in [1.29, 1.82) is 0 Å². The van der Waals surface area contributed by atoms with E-state index in [1.165, 1.54) is 6.07 Å². The minimum absolute atomic E-state index is 0.0390. The highest BCUT2D eigenvalue weighted by atomic mass is 35.5. The number of carbonyl (C=O) groups is 1. The van der Waals surface area contributed by atoms with Crippen LogP contribution in [0.5, 0.6) is 0 Å². The second kappa shape index (κ2) is 6.01. The molecule has 0 radical (unpaired) electrons. The van der Waals surface area contributed by atoms with Gasteiger partial charge in [0.2, 0.25) is 0 Å². The molecule has 0 unspecified atom stereocenters. The van der Waals surface area contributed by atoms with Gasteiger partial charge in [-0.05, 0) is 18.6 Å². The van der Waals surface area contributed by atoms with Crippen LogP contribution in [0.4, 0.5) is 0 Å². The molecule has 1 N–H and O–H groups in total. The lowest BCUT2D eigenvalue weighted by Gasteiger charge is -2.18. The summed E-state index contributed by atoms with van der Waals surface area (Å²) in [4.78, 5) is 10.5. The minimum Gasteiger partial charge on any atom is -0.481 e. The van der Waals surface area contributed by atoms with Gasteiger partial charge in [0.25, 0.3) is 10.0 Å². The predicted octanol–water partition coefficient (Wildman–Crippen LogP) is 2.20. The Morgan fingerprint density at radius 2 is 2.17 bits per heavy atom. The van der Waals surface area contributed by atoms with Crippen LogP contribution in [0.3, 0.4) is 0 Å². The first-order valence-electron chi connectivity index (χ1n) is 5.27. The third-order valence-electron chi connectivity index (χ3n) is 2.36. The van der Waals surface area contributed by atoms with E-state index in [-0.39, 0.29) is 23.7 Å². The highest BCUT2D eigenvalue weighted by molar-refractivity contribution is 7.91. The van der Waals surface area contributed by atoms with E-state index >= 15 is 0 Å². The van der Waals surface area contributed by atoms with Crippen molar-refractivity contribution in [2.45, 2.75) is 24.5 Å². The van der Waals surface area contributed by atoms with E-state index < -0.39 is 16.0 Å². The Morgan fingerprint density at radius 3 is 2.56 bits per heavy atom. The Balaban J connectivity index is 2.99. The van der Waals surface area contributed by atoms with Crippen LogP contribution in [-0.2, 0) is 14.8 Å². The molecule has 0 saturated carbocycles. The molecular weight excluding hydrogens is 298 g/mol. The summed E-state index contributed by atoms with van der Waals surface area (Å²) in [6, 6.07) is 1.51. The van der Waals surface area contributed by atoms with Gasteiger partial charge in [0.15, 0.2) is 0 Å². The quantitative estimate of drug-likeness (QED) is 0.874. The Morgan fingerprint density at radius 1 is 1.56 bits per heavy atom. The number of aryl methyl sites for hydroxylation is 1. The van der Waals surface area contributed by atoms with Crippen molar-refractivity contribution in [3.05, 3.63) is 16.0 Å². The van der Waals surface area contributed by atoms with Gasteiger partial charge in [-0.15, -0.1) is 11.3 Å². The Labute approximate surface area is 115 Å². The lowest BCUT2D eigenvalue weighted by atomic mass is 10.4. The summed E-state index contributed by atoms with van der Waals surface area (Å²) in [7, 11) is -3.64. The first-order chi connectivity index (χ1) is 8.28. The maximum absolute atomic E-state index is 12.2. The zero-order valence-corrected chi connectivity index (χ0v) is 12.4. The standard InChI is InChI=1S/C10H14ClNO4S2/c1-3-12(5-4-8(13)14)18(15,16)9-6-7(2)10(11)17-9/h6H,3-5H2,1-2H3,(H,13,14). The number of aliphatic carboxylic acids is 1. The van der Waals surface area contributed by atoms with Crippen molar-refractivity contribution in [2.24, 2.45) is 0 Å². The van der Waals surface area contributed by atoms with Crippen LogP contribution in [0.25, 0.3) is 0 Å². The normalized spacial score (nSPS) is 12.0. The van der Waals surface area contributed by atoms with Gasteiger partial charge in [-0.2, -0.15) is 4.31 Å². The first-order valence-corrected chi connectivity index (χ1v) is 7.90. The van der Waals surface area contributed by atoms with Crippen LogP contribution in [0.15, 0.2) is 10.3 Å². The van der Waals surface area contributed by atoms with E-state index in [0.717, 1.165) is 15.6 Å². The number of halogens is 1. The molecule has 0 atom stereocenters. The first kappa shape index (κ1) is 15.4.